The number of H-pyrrole nitrogens is 1. The zero-order valence-electron chi connectivity index (χ0n) is 7.74. The predicted molar refractivity (Wildman–Crippen MR) is 57.3 cm³/mol. The molecule has 1 aromatic carbocycles. The third-order valence-electron chi connectivity index (χ3n) is 1.99. The molecule has 0 atom stereocenters. The smallest absolute Gasteiger partial charge is 0.335 e. The largest absolute Gasteiger partial charge is 0.494 e. The van der Waals surface area contributed by atoms with Crippen molar-refractivity contribution >= 4 is 32.9 Å². The minimum atomic E-state index is -0.999. The van der Waals surface area contributed by atoms with E-state index in [-0.39, 0.29) is 5.56 Å². The first-order valence-corrected chi connectivity index (χ1v) is 4.87. The molecule has 0 aliphatic rings. The Balaban J connectivity index is 2.76. The second kappa shape index (κ2) is 3.54. The number of carboxylic acids is 1. The lowest BCUT2D eigenvalue weighted by atomic mass is 10.2. The quantitative estimate of drug-likeness (QED) is 0.876. The zero-order valence-corrected chi connectivity index (χ0v) is 9.33. The van der Waals surface area contributed by atoms with E-state index >= 15 is 0 Å². The number of hydrogen-bond donors (Lipinski definition) is 2. The van der Waals surface area contributed by atoms with Crippen LogP contribution in [0, 0.1) is 0 Å². The molecule has 0 bridgehead atoms. The van der Waals surface area contributed by atoms with E-state index < -0.39 is 5.97 Å². The van der Waals surface area contributed by atoms with Crippen LogP contribution < -0.4 is 4.74 Å². The average molecular weight is 271 g/mol. The van der Waals surface area contributed by atoms with Crippen molar-refractivity contribution in [2.24, 2.45) is 0 Å². The maximum absolute atomic E-state index is 10.8. The van der Waals surface area contributed by atoms with E-state index in [2.05, 4.69) is 25.9 Å². The zero-order chi connectivity index (χ0) is 11.0. The van der Waals surface area contributed by atoms with Crippen LogP contribution in [0.3, 0.4) is 0 Å². The Bertz CT molecular complexity index is 535. The number of nitrogens with one attached hydrogen (secondary N) is 1. The number of imidazole rings is 1. The van der Waals surface area contributed by atoms with Gasteiger partial charge in [0.25, 0.3) is 0 Å². The van der Waals surface area contributed by atoms with Crippen LogP contribution in [0.15, 0.2) is 16.9 Å². The SMILES string of the molecule is COc1cc(C(=O)O)cc2[nH]c(Br)nc12. The number of nitrogens with zero attached hydrogens (tertiary/aromatic N) is 1. The molecule has 1 heterocycles. The van der Waals surface area contributed by atoms with Crippen LogP contribution >= 0.6 is 15.9 Å². The second-order valence-corrected chi connectivity index (χ2v) is 3.66. The summed E-state index contributed by atoms with van der Waals surface area (Å²) in [7, 11) is 1.48. The van der Waals surface area contributed by atoms with Gasteiger partial charge in [-0.05, 0) is 28.1 Å². The molecule has 0 spiro atoms. The highest BCUT2D eigenvalue weighted by molar-refractivity contribution is 9.10. The number of rotatable bonds is 2. The van der Waals surface area contributed by atoms with Crippen LogP contribution in [0.2, 0.25) is 0 Å². The highest BCUT2D eigenvalue weighted by atomic mass is 79.9. The number of hydrogen-bond acceptors (Lipinski definition) is 3. The summed E-state index contributed by atoms with van der Waals surface area (Å²) in [6.45, 7) is 0. The van der Waals surface area contributed by atoms with Crippen LogP contribution in [0.4, 0.5) is 0 Å². The Morgan fingerprint density at radius 1 is 1.60 bits per heavy atom. The van der Waals surface area contributed by atoms with Gasteiger partial charge in [-0.15, -0.1) is 0 Å². The fraction of sp³-hybridized carbons (Fsp3) is 0.111. The lowest BCUT2D eigenvalue weighted by molar-refractivity contribution is 0.0696. The molecule has 0 radical (unpaired) electrons. The standard InChI is InChI=1S/C9H7BrN2O3/c1-15-6-3-4(8(13)14)2-5-7(6)12-9(10)11-5/h2-3H,1H3,(H,11,12)(H,13,14). The van der Waals surface area contributed by atoms with E-state index in [1.165, 1.54) is 19.2 Å². The molecular weight excluding hydrogens is 264 g/mol. The molecule has 0 fully saturated rings. The van der Waals surface area contributed by atoms with E-state index in [1.54, 1.807) is 0 Å². The number of fused-ring (bicyclic) bond motifs is 1. The van der Waals surface area contributed by atoms with Crippen molar-refractivity contribution < 1.29 is 14.6 Å². The number of carboxylic acid groups (broad SMARTS) is 1. The van der Waals surface area contributed by atoms with E-state index in [0.717, 1.165) is 0 Å². The van der Waals surface area contributed by atoms with Gasteiger partial charge in [0.15, 0.2) is 4.73 Å². The first kappa shape index (κ1) is 9.97. The highest BCUT2D eigenvalue weighted by Crippen LogP contribution is 2.27. The molecule has 78 valence electrons. The predicted octanol–water partition coefficient (Wildman–Crippen LogP) is 2.03. The fourth-order valence-electron chi connectivity index (χ4n) is 1.33. The molecule has 2 N–H and O–H groups in total. The summed E-state index contributed by atoms with van der Waals surface area (Å²) in [5, 5.41) is 8.87. The van der Waals surface area contributed by atoms with Gasteiger partial charge in [0.05, 0.1) is 18.2 Å². The van der Waals surface area contributed by atoms with Crippen LogP contribution in [-0.2, 0) is 0 Å². The molecule has 2 rings (SSSR count). The van der Waals surface area contributed by atoms with Crippen LogP contribution in [0.25, 0.3) is 11.0 Å². The van der Waals surface area contributed by atoms with Gasteiger partial charge in [-0.3, -0.25) is 0 Å². The summed E-state index contributed by atoms with van der Waals surface area (Å²) in [6.07, 6.45) is 0. The van der Waals surface area contributed by atoms with Crippen molar-refractivity contribution in [3.05, 3.63) is 22.4 Å². The maximum Gasteiger partial charge on any atom is 0.335 e. The summed E-state index contributed by atoms with van der Waals surface area (Å²) >= 11 is 3.18. The normalized spacial score (nSPS) is 10.5. The lowest BCUT2D eigenvalue weighted by Gasteiger charge is -2.01. The average Bonchev–Trinajstić information content (AvgIpc) is 2.56. The molecule has 0 unspecified atom stereocenters. The van der Waals surface area contributed by atoms with E-state index in [4.69, 9.17) is 9.84 Å². The van der Waals surface area contributed by atoms with Crippen molar-refractivity contribution in [1.82, 2.24) is 9.97 Å². The van der Waals surface area contributed by atoms with Gasteiger partial charge in [0.1, 0.15) is 11.3 Å². The summed E-state index contributed by atoms with van der Waals surface area (Å²) in [5.41, 5.74) is 1.39. The number of benzene rings is 1. The molecule has 0 aliphatic heterocycles. The second-order valence-electron chi connectivity index (χ2n) is 2.91. The molecule has 0 aliphatic carbocycles. The lowest BCUT2D eigenvalue weighted by Crippen LogP contribution is -1.97. The minimum absolute atomic E-state index is 0.163. The van der Waals surface area contributed by atoms with Gasteiger partial charge in [-0.25, -0.2) is 9.78 Å². The summed E-state index contributed by atoms with van der Waals surface area (Å²) < 4.78 is 5.61. The first-order chi connectivity index (χ1) is 7.11. The summed E-state index contributed by atoms with van der Waals surface area (Å²) in [4.78, 5) is 17.8. The molecule has 15 heavy (non-hydrogen) atoms. The molecular formula is C9H7BrN2O3. The van der Waals surface area contributed by atoms with E-state index in [9.17, 15) is 4.79 Å². The Hall–Kier alpha value is -1.56. The first-order valence-electron chi connectivity index (χ1n) is 4.08. The summed E-state index contributed by atoms with van der Waals surface area (Å²) in [6, 6.07) is 2.95. The Morgan fingerprint density at radius 2 is 2.33 bits per heavy atom. The van der Waals surface area contributed by atoms with Crippen molar-refractivity contribution in [3.8, 4) is 5.75 Å². The topological polar surface area (TPSA) is 75.2 Å². The van der Waals surface area contributed by atoms with Gasteiger partial charge in [0, 0.05) is 0 Å². The van der Waals surface area contributed by atoms with Crippen molar-refractivity contribution in [2.75, 3.05) is 7.11 Å². The Labute approximate surface area is 93.2 Å². The van der Waals surface area contributed by atoms with Gasteiger partial charge in [-0.1, -0.05) is 0 Å². The number of methoxy groups -OCH3 is 1. The van der Waals surface area contributed by atoms with Crippen molar-refractivity contribution in [1.29, 1.82) is 0 Å². The number of aromatic amines is 1. The van der Waals surface area contributed by atoms with Crippen molar-refractivity contribution in [2.45, 2.75) is 0 Å². The van der Waals surface area contributed by atoms with Gasteiger partial charge < -0.3 is 14.8 Å². The van der Waals surface area contributed by atoms with Gasteiger partial charge in [0.2, 0.25) is 0 Å². The fourth-order valence-corrected chi connectivity index (χ4v) is 1.73. The van der Waals surface area contributed by atoms with Gasteiger partial charge >= 0.3 is 5.97 Å². The molecule has 2 aromatic rings. The Morgan fingerprint density at radius 3 is 2.93 bits per heavy atom. The van der Waals surface area contributed by atoms with Crippen LogP contribution in [0.1, 0.15) is 10.4 Å². The van der Waals surface area contributed by atoms with Gasteiger partial charge in [-0.2, -0.15) is 0 Å². The molecule has 0 amide bonds. The third kappa shape index (κ3) is 1.68. The third-order valence-corrected chi connectivity index (χ3v) is 2.37. The molecule has 0 saturated heterocycles. The minimum Gasteiger partial charge on any atom is -0.494 e. The van der Waals surface area contributed by atoms with E-state index in [0.29, 0.717) is 21.5 Å². The maximum atomic E-state index is 10.8. The van der Waals surface area contributed by atoms with Crippen LogP contribution in [0.5, 0.6) is 5.75 Å². The number of ether oxygens (including phenoxy) is 1. The molecule has 5 nitrogen and oxygen atoms in total. The Kier molecular flexibility index (Phi) is 2.36. The van der Waals surface area contributed by atoms with Crippen LogP contribution in [-0.4, -0.2) is 28.2 Å². The monoisotopic (exact) mass is 270 g/mol. The number of carbonyl (C=O) groups is 1. The molecule has 1 aromatic heterocycles. The number of aromatic nitrogens is 2. The van der Waals surface area contributed by atoms with Crippen molar-refractivity contribution in [3.63, 3.8) is 0 Å². The molecule has 6 heteroatoms. The highest BCUT2D eigenvalue weighted by Gasteiger charge is 2.12. The number of halogens is 1. The summed E-state index contributed by atoms with van der Waals surface area (Å²) in [5.74, 6) is -0.562. The number of aromatic carboxylic acids is 1. The van der Waals surface area contributed by atoms with E-state index in [1.807, 2.05) is 0 Å². The molecule has 0 saturated carbocycles.